The Labute approximate surface area is 106 Å². The number of carboxylic acids is 1. The molecule has 0 atom stereocenters. The molecular formula is C13H16N2O3. The van der Waals surface area contributed by atoms with Gasteiger partial charge in [-0.3, -0.25) is 9.78 Å². The van der Waals surface area contributed by atoms with E-state index in [4.69, 9.17) is 5.11 Å². The Morgan fingerprint density at radius 2 is 1.78 bits per heavy atom. The fraction of sp³-hybridized carbons (Fsp3) is 0.308. The molecule has 0 spiro atoms. The van der Waals surface area contributed by atoms with E-state index < -0.39 is 5.97 Å². The number of likely N-dealkylation sites (N-methyl/N-ethyl adjacent to an activating group) is 1. The number of nitrogens with zero attached hydrogens (tertiary/aromatic N) is 2. The molecular weight excluding hydrogens is 232 g/mol. The fourth-order valence-corrected chi connectivity index (χ4v) is 1.49. The summed E-state index contributed by atoms with van der Waals surface area (Å²) in [5.74, 6) is -1.38. The van der Waals surface area contributed by atoms with Crippen LogP contribution < -0.4 is 4.90 Å². The molecule has 0 saturated heterocycles. The molecule has 1 heterocycles. The first-order valence-electron chi connectivity index (χ1n) is 5.61. The predicted octanol–water partition coefficient (Wildman–Crippen LogP) is 1.86. The van der Waals surface area contributed by atoms with Crippen molar-refractivity contribution in [2.24, 2.45) is 0 Å². The Morgan fingerprint density at radius 1 is 1.22 bits per heavy atom. The number of amides is 1. The van der Waals surface area contributed by atoms with Gasteiger partial charge in [-0.25, -0.2) is 4.79 Å². The Bertz CT molecular complexity index is 480. The number of hydrogen-bond donors (Lipinski definition) is 1. The minimum Gasteiger partial charge on any atom is -0.478 e. The summed E-state index contributed by atoms with van der Waals surface area (Å²) >= 11 is 0. The van der Waals surface area contributed by atoms with Crippen molar-refractivity contribution < 1.29 is 14.7 Å². The lowest BCUT2D eigenvalue weighted by molar-refractivity contribution is -0.133. The number of aliphatic carboxylic acids is 1. The van der Waals surface area contributed by atoms with Gasteiger partial charge in [-0.2, -0.15) is 0 Å². The molecule has 1 aromatic rings. The highest BCUT2D eigenvalue weighted by atomic mass is 16.4. The summed E-state index contributed by atoms with van der Waals surface area (Å²) in [6, 6.07) is 3.43. The monoisotopic (exact) mass is 248 g/mol. The summed E-state index contributed by atoms with van der Waals surface area (Å²) in [7, 11) is 0. The summed E-state index contributed by atoms with van der Waals surface area (Å²) in [5.41, 5.74) is 1.00. The molecule has 0 aromatic carbocycles. The van der Waals surface area contributed by atoms with Crippen LogP contribution in [0.4, 0.5) is 5.69 Å². The second kappa shape index (κ2) is 5.95. The molecule has 0 saturated carbocycles. The van der Waals surface area contributed by atoms with E-state index in [2.05, 4.69) is 4.98 Å². The highest BCUT2D eigenvalue weighted by Gasteiger charge is 2.19. The van der Waals surface area contributed by atoms with Crippen molar-refractivity contribution in [3.63, 3.8) is 0 Å². The maximum Gasteiger partial charge on any atom is 0.331 e. The van der Waals surface area contributed by atoms with Crippen molar-refractivity contribution in [3.05, 3.63) is 35.7 Å². The van der Waals surface area contributed by atoms with Crippen LogP contribution >= 0.6 is 0 Å². The van der Waals surface area contributed by atoms with Crippen molar-refractivity contribution in [2.75, 3.05) is 11.4 Å². The van der Waals surface area contributed by atoms with Gasteiger partial charge in [-0.15, -0.1) is 0 Å². The van der Waals surface area contributed by atoms with Gasteiger partial charge < -0.3 is 10.0 Å². The second-order valence-electron chi connectivity index (χ2n) is 3.81. The molecule has 96 valence electrons. The van der Waals surface area contributed by atoms with Crippen LogP contribution in [0.15, 0.2) is 35.7 Å². The fourth-order valence-electron chi connectivity index (χ4n) is 1.49. The van der Waals surface area contributed by atoms with Gasteiger partial charge in [0.15, 0.2) is 0 Å². The molecule has 0 aliphatic rings. The standard InChI is InChI=1S/C13H16N2O3/c1-4-15(11-5-7-14-8-6-11)12(16)9(2)10(3)13(17)18/h5-8H,4H2,1-3H3,(H,17,18)/b10-9-. The van der Waals surface area contributed by atoms with Crippen LogP contribution in [0.5, 0.6) is 0 Å². The average molecular weight is 248 g/mol. The number of carbonyl (C=O) groups is 2. The van der Waals surface area contributed by atoms with Gasteiger partial charge in [-0.1, -0.05) is 0 Å². The highest BCUT2D eigenvalue weighted by molar-refractivity contribution is 6.09. The number of anilines is 1. The van der Waals surface area contributed by atoms with E-state index in [1.165, 1.54) is 18.7 Å². The molecule has 1 aromatic heterocycles. The van der Waals surface area contributed by atoms with Crippen LogP contribution in [0.1, 0.15) is 20.8 Å². The Balaban J connectivity index is 3.08. The normalized spacial score (nSPS) is 11.7. The number of carbonyl (C=O) groups excluding carboxylic acids is 1. The van der Waals surface area contributed by atoms with Gasteiger partial charge in [-0.05, 0) is 32.9 Å². The predicted molar refractivity (Wildman–Crippen MR) is 68.3 cm³/mol. The van der Waals surface area contributed by atoms with Gasteiger partial charge in [0.2, 0.25) is 0 Å². The molecule has 1 amide bonds. The molecule has 18 heavy (non-hydrogen) atoms. The number of aromatic nitrogens is 1. The topological polar surface area (TPSA) is 70.5 Å². The highest BCUT2D eigenvalue weighted by Crippen LogP contribution is 2.16. The van der Waals surface area contributed by atoms with Crippen LogP contribution in [-0.2, 0) is 9.59 Å². The minimum atomic E-state index is -1.08. The Morgan fingerprint density at radius 3 is 2.22 bits per heavy atom. The van der Waals surface area contributed by atoms with Gasteiger partial charge in [0.25, 0.3) is 5.91 Å². The quantitative estimate of drug-likeness (QED) is 0.825. The van der Waals surface area contributed by atoms with Gasteiger partial charge in [0.05, 0.1) is 0 Å². The maximum absolute atomic E-state index is 12.2. The molecule has 0 aliphatic heterocycles. The first-order valence-corrected chi connectivity index (χ1v) is 5.61. The van der Waals surface area contributed by atoms with Crippen molar-refractivity contribution >= 4 is 17.6 Å². The third kappa shape index (κ3) is 2.94. The number of pyridine rings is 1. The van der Waals surface area contributed by atoms with Crippen LogP contribution in [-0.4, -0.2) is 28.5 Å². The van der Waals surface area contributed by atoms with E-state index in [9.17, 15) is 9.59 Å². The third-order valence-corrected chi connectivity index (χ3v) is 2.74. The largest absolute Gasteiger partial charge is 0.478 e. The molecule has 5 heteroatoms. The van der Waals surface area contributed by atoms with E-state index in [-0.39, 0.29) is 17.1 Å². The van der Waals surface area contributed by atoms with Crippen LogP contribution in [0.25, 0.3) is 0 Å². The minimum absolute atomic E-state index is 0.0625. The molecule has 0 aliphatic carbocycles. The number of hydrogen-bond acceptors (Lipinski definition) is 3. The third-order valence-electron chi connectivity index (χ3n) is 2.74. The Hall–Kier alpha value is -2.17. The molecule has 0 unspecified atom stereocenters. The summed E-state index contributed by atoms with van der Waals surface area (Å²) in [6.45, 7) is 5.25. The van der Waals surface area contributed by atoms with E-state index in [0.29, 0.717) is 12.2 Å². The summed E-state index contributed by atoms with van der Waals surface area (Å²) in [6.07, 6.45) is 3.18. The first-order chi connectivity index (χ1) is 8.49. The number of rotatable bonds is 4. The summed E-state index contributed by atoms with van der Waals surface area (Å²) in [4.78, 5) is 28.5. The first kappa shape index (κ1) is 13.9. The molecule has 1 rings (SSSR count). The van der Waals surface area contributed by atoms with Crippen molar-refractivity contribution in [3.8, 4) is 0 Å². The van der Waals surface area contributed by atoms with Crippen molar-refractivity contribution in [1.82, 2.24) is 4.98 Å². The van der Waals surface area contributed by atoms with Crippen molar-refractivity contribution in [2.45, 2.75) is 20.8 Å². The summed E-state index contributed by atoms with van der Waals surface area (Å²) in [5, 5.41) is 8.89. The Kier molecular flexibility index (Phi) is 4.59. The lowest BCUT2D eigenvalue weighted by atomic mass is 10.1. The van der Waals surface area contributed by atoms with Gasteiger partial charge in [0, 0.05) is 35.8 Å². The molecule has 0 fully saturated rings. The van der Waals surface area contributed by atoms with E-state index in [1.807, 2.05) is 6.92 Å². The molecule has 0 radical (unpaired) electrons. The maximum atomic E-state index is 12.2. The lowest BCUT2D eigenvalue weighted by Crippen LogP contribution is -2.32. The van der Waals surface area contributed by atoms with E-state index in [0.717, 1.165) is 0 Å². The van der Waals surface area contributed by atoms with E-state index in [1.54, 1.807) is 24.5 Å². The summed E-state index contributed by atoms with van der Waals surface area (Å²) < 4.78 is 0. The molecule has 1 N–H and O–H groups in total. The smallest absolute Gasteiger partial charge is 0.331 e. The average Bonchev–Trinajstić information content (AvgIpc) is 2.38. The van der Waals surface area contributed by atoms with E-state index >= 15 is 0 Å². The van der Waals surface area contributed by atoms with Crippen LogP contribution in [0.2, 0.25) is 0 Å². The molecule has 5 nitrogen and oxygen atoms in total. The lowest BCUT2D eigenvalue weighted by Gasteiger charge is -2.21. The van der Waals surface area contributed by atoms with Gasteiger partial charge >= 0.3 is 5.97 Å². The SMILES string of the molecule is CCN(C(=O)/C(C)=C(/C)C(=O)O)c1ccncc1. The van der Waals surface area contributed by atoms with Gasteiger partial charge in [0.1, 0.15) is 0 Å². The van der Waals surface area contributed by atoms with Crippen LogP contribution in [0.3, 0.4) is 0 Å². The molecule has 0 bridgehead atoms. The number of carboxylic acid groups (broad SMARTS) is 1. The van der Waals surface area contributed by atoms with Crippen LogP contribution in [0, 0.1) is 0 Å². The zero-order chi connectivity index (χ0) is 13.7. The van der Waals surface area contributed by atoms with Crippen molar-refractivity contribution in [1.29, 1.82) is 0 Å². The zero-order valence-electron chi connectivity index (χ0n) is 10.7. The second-order valence-corrected chi connectivity index (χ2v) is 3.81. The zero-order valence-corrected chi connectivity index (χ0v) is 10.7.